The Morgan fingerprint density at radius 3 is 2.88 bits per heavy atom. The highest BCUT2D eigenvalue weighted by Crippen LogP contribution is 2.26. The molecule has 1 aliphatic heterocycles. The van der Waals surface area contributed by atoms with Gasteiger partial charge in [-0.1, -0.05) is 12.2 Å². The molecule has 2 unspecified atom stereocenters. The number of allylic oxidation sites excluding steroid dienone is 3. The van der Waals surface area contributed by atoms with Crippen molar-refractivity contribution in [3.63, 3.8) is 0 Å². The second kappa shape index (κ2) is 6.48. The van der Waals surface area contributed by atoms with Crippen LogP contribution in [0.2, 0.25) is 0 Å². The molecule has 2 N–H and O–H groups in total. The maximum atomic E-state index is 9.57. The van der Waals surface area contributed by atoms with Crippen molar-refractivity contribution in [1.82, 2.24) is 5.43 Å². The van der Waals surface area contributed by atoms with Crippen LogP contribution in [0.4, 0.5) is 0 Å². The minimum atomic E-state index is 0.259. The molecule has 122 valence electrons. The summed E-state index contributed by atoms with van der Waals surface area (Å²) in [4.78, 5) is 4.97. The first kappa shape index (κ1) is 14.9. The molecule has 1 heterocycles. The summed E-state index contributed by atoms with van der Waals surface area (Å²) in [6, 6.07) is 7.59. The molecule has 1 aromatic carbocycles. The molecule has 0 saturated carbocycles. The molecule has 2 atom stereocenters. The number of aliphatic imine (C=N–C) groups is 1. The average Bonchev–Trinajstić information content (AvgIpc) is 3.09. The highest BCUT2D eigenvalue weighted by molar-refractivity contribution is 6.13. The molecule has 3 aliphatic rings. The highest BCUT2D eigenvalue weighted by Gasteiger charge is 2.23. The topological polar surface area (TPSA) is 57.0 Å². The second-order valence-corrected chi connectivity index (χ2v) is 6.44. The zero-order valence-corrected chi connectivity index (χ0v) is 13.5. The molecule has 0 radical (unpaired) electrons. The zero-order valence-electron chi connectivity index (χ0n) is 13.5. The van der Waals surface area contributed by atoms with Gasteiger partial charge in [0.05, 0.1) is 17.5 Å². The van der Waals surface area contributed by atoms with E-state index in [2.05, 4.69) is 34.8 Å². The number of phenolic OH excluding ortho intramolecular Hbond substituents is 1. The lowest BCUT2D eigenvalue weighted by Crippen LogP contribution is -2.25. The van der Waals surface area contributed by atoms with Crippen molar-refractivity contribution in [3.05, 3.63) is 65.4 Å². The number of nitrogens with one attached hydrogen (secondary N) is 1. The summed E-state index contributed by atoms with van der Waals surface area (Å²) in [6.45, 7) is 0. The van der Waals surface area contributed by atoms with E-state index in [0.29, 0.717) is 0 Å². The van der Waals surface area contributed by atoms with Crippen LogP contribution in [0.1, 0.15) is 31.2 Å². The normalized spacial score (nSPS) is 25.8. The first-order chi connectivity index (χ1) is 11.8. The van der Waals surface area contributed by atoms with E-state index in [1.54, 1.807) is 12.1 Å². The summed E-state index contributed by atoms with van der Waals surface area (Å²) in [5.74, 6) is 0.554. The quantitative estimate of drug-likeness (QED) is 0.835. The van der Waals surface area contributed by atoms with Crippen molar-refractivity contribution >= 4 is 11.9 Å². The van der Waals surface area contributed by atoms with E-state index in [9.17, 15) is 5.11 Å². The maximum Gasteiger partial charge on any atom is 0.115 e. The van der Waals surface area contributed by atoms with Crippen molar-refractivity contribution in [2.24, 2.45) is 16.0 Å². The third-order valence-electron chi connectivity index (χ3n) is 4.70. The lowest BCUT2D eigenvalue weighted by molar-refractivity contribution is 0.475. The van der Waals surface area contributed by atoms with Gasteiger partial charge in [0.25, 0.3) is 0 Å². The zero-order chi connectivity index (χ0) is 16.4. The third-order valence-corrected chi connectivity index (χ3v) is 4.70. The summed E-state index contributed by atoms with van der Waals surface area (Å²) < 4.78 is 0. The van der Waals surface area contributed by atoms with Gasteiger partial charge in [-0.05, 0) is 67.7 Å². The predicted molar refractivity (Wildman–Crippen MR) is 97.3 cm³/mol. The van der Waals surface area contributed by atoms with Gasteiger partial charge in [-0.2, -0.15) is 5.10 Å². The molecule has 2 aliphatic carbocycles. The summed E-state index contributed by atoms with van der Waals surface area (Å²) >= 11 is 0. The number of hydrazone groups is 1. The number of benzene rings is 1. The summed E-state index contributed by atoms with van der Waals surface area (Å²) in [7, 11) is 0. The fourth-order valence-corrected chi connectivity index (χ4v) is 3.36. The minimum absolute atomic E-state index is 0.259. The van der Waals surface area contributed by atoms with Gasteiger partial charge in [-0.25, -0.2) is 4.99 Å². The molecule has 0 aromatic heterocycles. The van der Waals surface area contributed by atoms with Crippen LogP contribution < -0.4 is 5.43 Å². The lowest BCUT2D eigenvalue weighted by atomic mass is 9.91. The molecule has 0 spiro atoms. The predicted octanol–water partition coefficient (Wildman–Crippen LogP) is 3.71. The van der Waals surface area contributed by atoms with Crippen LogP contribution in [-0.2, 0) is 0 Å². The average molecular weight is 319 g/mol. The van der Waals surface area contributed by atoms with Crippen molar-refractivity contribution < 1.29 is 5.11 Å². The molecule has 0 bridgehead atoms. The Kier molecular flexibility index (Phi) is 4.03. The Morgan fingerprint density at radius 1 is 1.21 bits per heavy atom. The molecule has 0 saturated heterocycles. The number of aromatic hydroxyl groups is 1. The number of nitrogens with zero attached hydrogens (tertiary/aromatic N) is 2. The monoisotopic (exact) mass is 319 g/mol. The van der Waals surface area contributed by atoms with Crippen LogP contribution in [0.3, 0.4) is 0 Å². The van der Waals surface area contributed by atoms with E-state index in [-0.39, 0.29) is 17.7 Å². The van der Waals surface area contributed by atoms with E-state index >= 15 is 0 Å². The van der Waals surface area contributed by atoms with E-state index < -0.39 is 0 Å². The van der Waals surface area contributed by atoms with E-state index in [4.69, 9.17) is 4.99 Å². The van der Waals surface area contributed by atoms with Crippen LogP contribution in [0.25, 0.3) is 0 Å². The van der Waals surface area contributed by atoms with Crippen LogP contribution in [0.5, 0.6) is 5.75 Å². The maximum absolute atomic E-state index is 9.57. The summed E-state index contributed by atoms with van der Waals surface area (Å²) in [5, 5.41) is 13.7. The number of phenols is 1. The van der Waals surface area contributed by atoms with Crippen molar-refractivity contribution in [2.75, 3.05) is 0 Å². The van der Waals surface area contributed by atoms with E-state index in [1.807, 2.05) is 18.3 Å². The number of hydrogen-bond donors (Lipinski definition) is 2. The van der Waals surface area contributed by atoms with Crippen LogP contribution in [0.15, 0.2) is 69.9 Å². The number of fused-ring (bicyclic) bond motifs is 1. The molecule has 4 heteroatoms. The van der Waals surface area contributed by atoms with Crippen molar-refractivity contribution in [1.29, 1.82) is 0 Å². The standard InChI is InChI=1S/C20H21N3O/c24-18-9-6-15(7-10-18)20(14-4-2-1-3-5-14)22-17-8-11-19-16(12-17)13-21-23-19/h4,6-13,16,19,23-24H,1-3,5H2/b22-20+. The Labute approximate surface area is 142 Å². The number of hydrogen-bond acceptors (Lipinski definition) is 4. The first-order valence-electron chi connectivity index (χ1n) is 8.56. The molecular formula is C20H21N3O. The summed E-state index contributed by atoms with van der Waals surface area (Å²) in [6.07, 6.45) is 15.2. The first-order valence-corrected chi connectivity index (χ1v) is 8.56. The van der Waals surface area contributed by atoms with Crippen LogP contribution >= 0.6 is 0 Å². The Morgan fingerprint density at radius 2 is 2.08 bits per heavy atom. The van der Waals surface area contributed by atoms with Gasteiger partial charge < -0.3 is 10.5 Å². The molecule has 4 rings (SSSR count). The fourth-order valence-electron chi connectivity index (χ4n) is 3.36. The molecule has 0 amide bonds. The van der Waals surface area contributed by atoms with Gasteiger partial charge in [0.1, 0.15) is 5.75 Å². The number of rotatable bonds is 3. The second-order valence-electron chi connectivity index (χ2n) is 6.44. The molecule has 0 fully saturated rings. The van der Waals surface area contributed by atoms with Gasteiger partial charge in [0, 0.05) is 17.7 Å². The largest absolute Gasteiger partial charge is 0.508 e. The molecule has 1 aromatic rings. The smallest absolute Gasteiger partial charge is 0.115 e. The van der Waals surface area contributed by atoms with Crippen LogP contribution in [-0.4, -0.2) is 23.1 Å². The Hall–Kier alpha value is -2.62. The lowest BCUT2D eigenvalue weighted by Gasteiger charge is -2.19. The van der Waals surface area contributed by atoms with Crippen molar-refractivity contribution in [2.45, 2.75) is 31.7 Å². The van der Waals surface area contributed by atoms with Gasteiger partial charge in [0.2, 0.25) is 0 Å². The molecular weight excluding hydrogens is 298 g/mol. The van der Waals surface area contributed by atoms with Gasteiger partial charge in [-0.3, -0.25) is 0 Å². The minimum Gasteiger partial charge on any atom is -0.508 e. The highest BCUT2D eigenvalue weighted by atomic mass is 16.3. The van der Waals surface area contributed by atoms with Gasteiger partial charge in [-0.15, -0.1) is 0 Å². The van der Waals surface area contributed by atoms with Crippen molar-refractivity contribution in [3.8, 4) is 5.75 Å². The van der Waals surface area contributed by atoms with E-state index in [1.165, 1.54) is 18.4 Å². The SMILES string of the molecule is Oc1ccc(/C(=N/C2=CC3C=NNC3C=C2)C2=CCCCC2)cc1. The molecule has 24 heavy (non-hydrogen) atoms. The Balaban J connectivity index is 1.72. The fraction of sp³-hybridized carbons (Fsp3) is 0.300. The van der Waals surface area contributed by atoms with Gasteiger partial charge >= 0.3 is 0 Å². The summed E-state index contributed by atoms with van der Waals surface area (Å²) in [5.41, 5.74) is 7.44. The molecule has 4 nitrogen and oxygen atoms in total. The van der Waals surface area contributed by atoms with Crippen LogP contribution in [0, 0.1) is 5.92 Å². The van der Waals surface area contributed by atoms with Gasteiger partial charge in [0.15, 0.2) is 0 Å². The third kappa shape index (κ3) is 3.04. The Bertz CT molecular complexity index is 769. The van der Waals surface area contributed by atoms with E-state index in [0.717, 1.165) is 29.8 Å².